The summed E-state index contributed by atoms with van der Waals surface area (Å²) in [6.45, 7) is 4.38. The van der Waals surface area contributed by atoms with Crippen LogP contribution in [0.3, 0.4) is 0 Å². The summed E-state index contributed by atoms with van der Waals surface area (Å²) in [6.07, 6.45) is 5.58. The first-order chi connectivity index (χ1) is 7.33. The van der Waals surface area contributed by atoms with Crippen molar-refractivity contribution in [3.05, 3.63) is 30.1 Å². The molecule has 2 N–H and O–H groups in total. The van der Waals surface area contributed by atoms with E-state index in [1.165, 1.54) is 5.56 Å². The number of aliphatic hydroxyl groups is 1. The predicted octanol–water partition coefficient (Wildman–Crippen LogP) is 1.23. The number of hydrogen-bond donors (Lipinski definition) is 2. The SMILES string of the molecule is CC(CCO)CNCCc1cccnc1. The normalized spacial score (nSPS) is 12.7. The van der Waals surface area contributed by atoms with Crippen molar-refractivity contribution >= 4 is 0 Å². The first-order valence-electron chi connectivity index (χ1n) is 5.53. The average Bonchev–Trinajstić information content (AvgIpc) is 2.26. The molecule has 1 aromatic rings. The van der Waals surface area contributed by atoms with E-state index in [2.05, 4.69) is 23.3 Å². The average molecular weight is 208 g/mol. The standard InChI is InChI=1S/C12H20N2O/c1-11(5-8-15)9-14-7-4-12-3-2-6-13-10-12/h2-3,6,10-11,14-15H,4-5,7-9H2,1H3. The predicted molar refractivity (Wildman–Crippen MR) is 61.7 cm³/mol. The molecule has 84 valence electrons. The minimum absolute atomic E-state index is 0.283. The number of hydrogen-bond acceptors (Lipinski definition) is 3. The van der Waals surface area contributed by atoms with E-state index in [9.17, 15) is 0 Å². The fraction of sp³-hybridized carbons (Fsp3) is 0.583. The Balaban J connectivity index is 2.07. The molecule has 3 nitrogen and oxygen atoms in total. The summed E-state index contributed by atoms with van der Waals surface area (Å²) < 4.78 is 0. The Morgan fingerprint density at radius 3 is 3.07 bits per heavy atom. The van der Waals surface area contributed by atoms with Crippen molar-refractivity contribution in [2.24, 2.45) is 5.92 Å². The molecule has 0 amide bonds. The van der Waals surface area contributed by atoms with Crippen LogP contribution in [0.1, 0.15) is 18.9 Å². The highest BCUT2D eigenvalue weighted by molar-refractivity contribution is 5.08. The molecule has 0 aliphatic heterocycles. The summed E-state index contributed by atoms with van der Waals surface area (Å²) in [5, 5.41) is 12.1. The summed E-state index contributed by atoms with van der Waals surface area (Å²) in [4.78, 5) is 4.07. The van der Waals surface area contributed by atoms with Gasteiger partial charge in [-0.3, -0.25) is 4.98 Å². The van der Waals surface area contributed by atoms with Gasteiger partial charge in [0.1, 0.15) is 0 Å². The zero-order valence-corrected chi connectivity index (χ0v) is 9.32. The topological polar surface area (TPSA) is 45.1 Å². The summed E-state index contributed by atoms with van der Waals surface area (Å²) >= 11 is 0. The third-order valence-electron chi connectivity index (χ3n) is 2.43. The van der Waals surface area contributed by atoms with Crippen LogP contribution >= 0.6 is 0 Å². The van der Waals surface area contributed by atoms with E-state index in [4.69, 9.17) is 5.11 Å². The van der Waals surface area contributed by atoms with Crippen molar-refractivity contribution in [3.63, 3.8) is 0 Å². The van der Waals surface area contributed by atoms with Crippen LogP contribution < -0.4 is 5.32 Å². The molecule has 0 bridgehead atoms. The van der Waals surface area contributed by atoms with Gasteiger partial charge in [-0.15, -0.1) is 0 Å². The summed E-state index contributed by atoms with van der Waals surface area (Å²) in [5.41, 5.74) is 1.26. The fourth-order valence-corrected chi connectivity index (χ4v) is 1.45. The minimum atomic E-state index is 0.283. The first-order valence-corrected chi connectivity index (χ1v) is 5.53. The van der Waals surface area contributed by atoms with Crippen molar-refractivity contribution in [2.45, 2.75) is 19.8 Å². The monoisotopic (exact) mass is 208 g/mol. The molecular weight excluding hydrogens is 188 g/mol. The Bertz CT molecular complexity index is 251. The van der Waals surface area contributed by atoms with Crippen LogP contribution in [-0.4, -0.2) is 29.8 Å². The van der Waals surface area contributed by atoms with Crippen molar-refractivity contribution in [3.8, 4) is 0 Å². The van der Waals surface area contributed by atoms with Crippen LogP contribution in [0, 0.1) is 5.92 Å². The van der Waals surface area contributed by atoms with Gasteiger partial charge in [0.05, 0.1) is 0 Å². The van der Waals surface area contributed by atoms with Crippen molar-refractivity contribution in [1.82, 2.24) is 10.3 Å². The van der Waals surface area contributed by atoms with E-state index >= 15 is 0 Å². The van der Waals surface area contributed by atoms with Crippen LogP contribution in [0.4, 0.5) is 0 Å². The lowest BCUT2D eigenvalue weighted by atomic mass is 10.1. The number of nitrogens with zero attached hydrogens (tertiary/aromatic N) is 1. The molecule has 15 heavy (non-hydrogen) atoms. The molecule has 1 rings (SSSR count). The molecule has 1 atom stereocenters. The molecule has 0 spiro atoms. The third kappa shape index (κ3) is 5.50. The summed E-state index contributed by atoms with van der Waals surface area (Å²) in [6, 6.07) is 4.05. The molecule has 1 heterocycles. The van der Waals surface area contributed by atoms with Crippen LogP contribution in [0.15, 0.2) is 24.5 Å². The Labute approximate surface area is 91.5 Å². The van der Waals surface area contributed by atoms with Gasteiger partial charge in [-0.05, 0) is 43.5 Å². The van der Waals surface area contributed by atoms with Gasteiger partial charge in [-0.2, -0.15) is 0 Å². The van der Waals surface area contributed by atoms with E-state index in [1.807, 2.05) is 12.3 Å². The van der Waals surface area contributed by atoms with Crippen LogP contribution in [-0.2, 0) is 6.42 Å². The molecule has 0 radical (unpaired) electrons. The zero-order valence-electron chi connectivity index (χ0n) is 9.32. The second-order valence-electron chi connectivity index (χ2n) is 3.93. The lowest BCUT2D eigenvalue weighted by Gasteiger charge is -2.10. The Hall–Kier alpha value is -0.930. The molecule has 1 unspecified atom stereocenters. The number of pyridine rings is 1. The number of rotatable bonds is 7. The maximum Gasteiger partial charge on any atom is 0.0434 e. The molecule has 0 aliphatic rings. The van der Waals surface area contributed by atoms with Crippen LogP contribution in [0.5, 0.6) is 0 Å². The van der Waals surface area contributed by atoms with Crippen LogP contribution in [0.2, 0.25) is 0 Å². The molecule has 0 aliphatic carbocycles. The highest BCUT2D eigenvalue weighted by Crippen LogP contribution is 1.99. The lowest BCUT2D eigenvalue weighted by molar-refractivity contribution is 0.260. The maximum atomic E-state index is 8.74. The molecule has 0 fully saturated rings. The number of aromatic nitrogens is 1. The number of aliphatic hydroxyl groups excluding tert-OH is 1. The fourth-order valence-electron chi connectivity index (χ4n) is 1.45. The number of nitrogens with one attached hydrogen (secondary N) is 1. The summed E-state index contributed by atoms with van der Waals surface area (Å²) in [7, 11) is 0. The highest BCUT2D eigenvalue weighted by atomic mass is 16.3. The third-order valence-corrected chi connectivity index (χ3v) is 2.43. The van der Waals surface area contributed by atoms with E-state index in [1.54, 1.807) is 6.20 Å². The van der Waals surface area contributed by atoms with Gasteiger partial charge < -0.3 is 10.4 Å². The second kappa shape index (κ2) is 7.37. The minimum Gasteiger partial charge on any atom is -0.396 e. The van der Waals surface area contributed by atoms with E-state index in [0.29, 0.717) is 5.92 Å². The Morgan fingerprint density at radius 1 is 1.53 bits per heavy atom. The molecule has 3 heteroatoms. The zero-order chi connectivity index (χ0) is 10.9. The van der Waals surface area contributed by atoms with Crippen molar-refractivity contribution in [1.29, 1.82) is 0 Å². The van der Waals surface area contributed by atoms with Gasteiger partial charge in [-0.1, -0.05) is 13.0 Å². The largest absolute Gasteiger partial charge is 0.396 e. The van der Waals surface area contributed by atoms with E-state index in [0.717, 1.165) is 25.9 Å². The van der Waals surface area contributed by atoms with Gasteiger partial charge in [0.2, 0.25) is 0 Å². The Morgan fingerprint density at radius 2 is 2.40 bits per heavy atom. The molecular formula is C12H20N2O. The van der Waals surface area contributed by atoms with E-state index < -0.39 is 0 Å². The maximum absolute atomic E-state index is 8.74. The summed E-state index contributed by atoms with van der Waals surface area (Å²) in [5.74, 6) is 0.545. The van der Waals surface area contributed by atoms with Gasteiger partial charge >= 0.3 is 0 Å². The molecule has 0 saturated heterocycles. The first kappa shape index (κ1) is 12.1. The molecule has 0 aromatic carbocycles. The van der Waals surface area contributed by atoms with Crippen molar-refractivity contribution < 1.29 is 5.11 Å². The molecule has 1 aromatic heterocycles. The van der Waals surface area contributed by atoms with Gasteiger partial charge in [0, 0.05) is 19.0 Å². The van der Waals surface area contributed by atoms with Crippen molar-refractivity contribution in [2.75, 3.05) is 19.7 Å². The van der Waals surface area contributed by atoms with E-state index in [-0.39, 0.29) is 6.61 Å². The van der Waals surface area contributed by atoms with Crippen LogP contribution in [0.25, 0.3) is 0 Å². The van der Waals surface area contributed by atoms with Gasteiger partial charge in [0.15, 0.2) is 0 Å². The molecule has 0 saturated carbocycles. The lowest BCUT2D eigenvalue weighted by Crippen LogP contribution is -2.24. The Kier molecular flexibility index (Phi) is 5.97. The smallest absolute Gasteiger partial charge is 0.0434 e. The second-order valence-corrected chi connectivity index (χ2v) is 3.93. The highest BCUT2D eigenvalue weighted by Gasteiger charge is 1.99. The quantitative estimate of drug-likeness (QED) is 0.662. The van der Waals surface area contributed by atoms with Gasteiger partial charge in [-0.25, -0.2) is 0 Å². The van der Waals surface area contributed by atoms with Gasteiger partial charge in [0.25, 0.3) is 0 Å².